The van der Waals surface area contributed by atoms with Crippen molar-refractivity contribution in [1.29, 1.82) is 0 Å². The molecule has 0 aliphatic carbocycles. The zero-order chi connectivity index (χ0) is 11.4. The van der Waals surface area contributed by atoms with Gasteiger partial charge in [0.05, 0.1) is 10.7 Å². The molecule has 0 N–H and O–H groups in total. The first-order valence-electron chi connectivity index (χ1n) is 4.70. The fraction of sp³-hybridized carbons (Fsp3) is 0.364. The van der Waals surface area contributed by atoms with E-state index in [0.717, 1.165) is 0 Å². The summed E-state index contributed by atoms with van der Waals surface area (Å²) in [5.41, 5.74) is 0.708. The number of carbonyl (C=O) groups excluding carboxylic acids is 1. The number of hydrogen-bond acceptors (Lipinski definition) is 1. The lowest BCUT2D eigenvalue weighted by atomic mass is 10.2. The van der Waals surface area contributed by atoms with E-state index in [1.54, 1.807) is 11.0 Å². The van der Waals surface area contributed by atoms with Gasteiger partial charge in [0.1, 0.15) is 5.88 Å². The van der Waals surface area contributed by atoms with Crippen LogP contribution in [0.1, 0.15) is 13.8 Å². The Morgan fingerprint density at radius 1 is 1.40 bits per heavy atom. The van der Waals surface area contributed by atoms with Crippen LogP contribution < -0.4 is 4.90 Å². The molecule has 0 radical (unpaired) electrons. The van der Waals surface area contributed by atoms with Crippen LogP contribution in [-0.2, 0) is 4.79 Å². The molecule has 0 spiro atoms. The molecule has 0 bridgehead atoms. The van der Waals surface area contributed by atoms with Crippen LogP contribution in [0.2, 0.25) is 5.02 Å². The number of benzene rings is 1. The van der Waals surface area contributed by atoms with Crippen molar-refractivity contribution in [2.75, 3.05) is 10.8 Å². The Kier molecular flexibility index (Phi) is 4.43. The van der Waals surface area contributed by atoms with Gasteiger partial charge < -0.3 is 4.90 Å². The summed E-state index contributed by atoms with van der Waals surface area (Å²) >= 11 is 11.6. The number of rotatable bonds is 3. The van der Waals surface area contributed by atoms with Crippen LogP contribution in [0.4, 0.5) is 5.69 Å². The summed E-state index contributed by atoms with van der Waals surface area (Å²) in [6.07, 6.45) is 0. The summed E-state index contributed by atoms with van der Waals surface area (Å²) in [6, 6.07) is 7.28. The number of alkyl halides is 1. The van der Waals surface area contributed by atoms with E-state index >= 15 is 0 Å². The lowest BCUT2D eigenvalue weighted by Gasteiger charge is -2.26. The van der Waals surface area contributed by atoms with Gasteiger partial charge in [0.25, 0.3) is 0 Å². The van der Waals surface area contributed by atoms with Gasteiger partial charge in [-0.15, -0.1) is 11.6 Å². The molecule has 82 valence electrons. The van der Waals surface area contributed by atoms with Crippen molar-refractivity contribution in [3.63, 3.8) is 0 Å². The topological polar surface area (TPSA) is 20.3 Å². The minimum atomic E-state index is -0.139. The monoisotopic (exact) mass is 245 g/mol. The molecule has 0 fully saturated rings. The minimum absolute atomic E-state index is 0.0381. The van der Waals surface area contributed by atoms with Crippen LogP contribution in [0.5, 0.6) is 0 Å². The van der Waals surface area contributed by atoms with Crippen molar-refractivity contribution < 1.29 is 4.79 Å². The van der Waals surface area contributed by atoms with Gasteiger partial charge in [-0.25, -0.2) is 0 Å². The zero-order valence-corrected chi connectivity index (χ0v) is 10.2. The predicted octanol–water partition coefficient (Wildman–Crippen LogP) is 3.32. The Labute approximate surface area is 99.8 Å². The summed E-state index contributed by atoms with van der Waals surface area (Å²) in [6.45, 7) is 3.85. The molecule has 0 aliphatic rings. The van der Waals surface area contributed by atoms with Crippen molar-refractivity contribution in [3.8, 4) is 0 Å². The third-order valence-corrected chi connectivity index (χ3v) is 2.56. The van der Waals surface area contributed by atoms with E-state index in [0.29, 0.717) is 10.7 Å². The van der Waals surface area contributed by atoms with Crippen LogP contribution in [0.25, 0.3) is 0 Å². The van der Waals surface area contributed by atoms with Crippen LogP contribution in [0, 0.1) is 0 Å². The second-order valence-corrected chi connectivity index (χ2v) is 4.12. The van der Waals surface area contributed by atoms with E-state index in [2.05, 4.69) is 0 Å². The van der Waals surface area contributed by atoms with Gasteiger partial charge in [-0.1, -0.05) is 23.7 Å². The van der Waals surface area contributed by atoms with Crippen molar-refractivity contribution in [2.45, 2.75) is 19.9 Å². The molecule has 1 aromatic rings. The van der Waals surface area contributed by atoms with Crippen LogP contribution in [-0.4, -0.2) is 17.8 Å². The first-order valence-corrected chi connectivity index (χ1v) is 5.61. The second kappa shape index (κ2) is 5.38. The molecule has 1 aromatic carbocycles. The van der Waals surface area contributed by atoms with Gasteiger partial charge in [-0.3, -0.25) is 4.79 Å². The van der Waals surface area contributed by atoms with E-state index in [1.807, 2.05) is 32.0 Å². The van der Waals surface area contributed by atoms with Crippen molar-refractivity contribution in [3.05, 3.63) is 29.3 Å². The Morgan fingerprint density at radius 3 is 2.47 bits per heavy atom. The van der Waals surface area contributed by atoms with Crippen molar-refractivity contribution in [2.24, 2.45) is 0 Å². The molecule has 0 heterocycles. The number of hydrogen-bond donors (Lipinski definition) is 0. The Hall–Kier alpha value is -0.730. The van der Waals surface area contributed by atoms with E-state index in [1.165, 1.54) is 0 Å². The molecule has 15 heavy (non-hydrogen) atoms. The van der Waals surface area contributed by atoms with Crippen LogP contribution >= 0.6 is 23.2 Å². The minimum Gasteiger partial charge on any atom is -0.307 e. The number of nitrogens with zero attached hydrogens (tertiary/aromatic N) is 1. The Morgan fingerprint density at radius 2 is 2.00 bits per heavy atom. The summed E-state index contributed by atoms with van der Waals surface area (Å²) in [4.78, 5) is 13.2. The molecular weight excluding hydrogens is 233 g/mol. The van der Waals surface area contributed by atoms with E-state index in [9.17, 15) is 4.79 Å². The molecule has 1 rings (SSSR count). The highest BCUT2D eigenvalue weighted by Gasteiger charge is 2.19. The molecule has 0 saturated heterocycles. The molecular formula is C11H13Cl2NO. The van der Waals surface area contributed by atoms with Gasteiger partial charge in [-0.2, -0.15) is 0 Å². The largest absolute Gasteiger partial charge is 0.307 e. The Balaban J connectivity index is 3.10. The SMILES string of the molecule is CC(C)N(C(=O)CCl)c1ccccc1Cl. The van der Waals surface area contributed by atoms with E-state index in [4.69, 9.17) is 23.2 Å². The van der Waals surface area contributed by atoms with Gasteiger partial charge in [0.2, 0.25) is 5.91 Å². The molecule has 0 aliphatic heterocycles. The van der Waals surface area contributed by atoms with Gasteiger partial charge >= 0.3 is 0 Å². The van der Waals surface area contributed by atoms with Crippen LogP contribution in [0.3, 0.4) is 0 Å². The first kappa shape index (κ1) is 12.3. The van der Waals surface area contributed by atoms with Gasteiger partial charge in [0, 0.05) is 6.04 Å². The third kappa shape index (κ3) is 2.86. The molecule has 0 aromatic heterocycles. The maximum Gasteiger partial charge on any atom is 0.242 e. The fourth-order valence-corrected chi connectivity index (χ4v) is 1.77. The third-order valence-electron chi connectivity index (χ3n) is 2.01. The summed E-state index contributed by atoms with van der Waals surface area (Å²) < 4.78 is 0. The molecule has 1 amide bonds. The Bertz CT molecular complexity index is 352. The predicted molar refractivity (Wildman–Crippen MR) is 64.8 cm³/mol. The van der Waals surface area contributed by atoms with Crippen LogP contribution in [0.15, 0.2) is 24.3 Å². The number of halogens is 2. The standard InChI is InChI=1S/C11H13Cl2NO/c1-8(2)14(11(15)7-12)10-6-4-3-5-9(10)13/h3-6,8H,7H2,1-2H3. The van der Waals surface area contributed by atoms with E-state index < -0.39 is 0 Å². The quantitative estimate of drug-likeness (QED) is 0.749. The van der Waals surface area contributed by atoms with Crippen molar-refractivity contribution in [1.82, 2.24) is 0 Å². The first-order chi connectivity index (χ1) is 7.07. The summed E-state index contributed by atoms with van der Waals surface area (Å²) in [5, 5.41) is 0.560. The van der Waals surface area contributed by atoms with Crippen molar-refractivity contribution >= 4 is 34.8 Å². The van der Waals surface area contributed by atoms with Gasteiger partial charge in [0.15, 0.2) is 0 Å². The maximum atomic E-state index is 11.6. The maximum absolute atomic E-state index is 11.6. The highest BCUT2D eigenvalue weighted by molar-refractivity contribution is 6.35. The number of carbonyl (C=O) groups is 1. The number of amides is 1. The molecule has 2 nitrogen and oxygen atoms in total. The highest BCUT2D eigenvalue weighted by atomic mass is 35.5. The molecule has 4 heteroatoms. The lowest BCUT2D eigenvalue weighted by Crippen LogP contribution is -2.38. The average Bonchev–Trinajstić information content (AvgIpc) is 2.20. The van der Waals surface area contributed by atoms with Gasteiger partial charge in [-0.05, 0) is 26.0 Å². The average molecular weight is 246 g/mol. The lowest BCUT2D eigenvalue weighted by molar-refractivity contribution is -0.116. The number of para-hydroxylation sites is 1. The molecule has 0 saturated carbocycles. The molecule has 0 unspecified atom stereocenters. The highest BCUT2D eigenvalue weighted by Crippen LogP contribution is 2.27. The normalized spacial score (nSPS) is 10.5. The zero-order valence-electron chi connectivity index (χ0n) is 8.71. The molecule has 0 atom stereocenters. The number of anilines is 1. The summed E-state index contributed by atoms with van der Waals surface area (Å²) in [5.74, 6) is -0.177. The summed E-state index contributed by atoms with van der Waals surface area (Å²) in [7, 11) is 0. The van der Waals surface area contributed by atoms with E-state index in [-0.39, 0.29) is 17.8 Å². The fourth-order valence-electron chi connectivity index (χ4n) is 1.41. The second-order valence-electron chi connectivity index (χ2n) is 3.44. The smallest absolute Gasteiger partial charge is 0.242 e.